The van der Waals surface area contributed by atoms with Crippen LogP contribution in [0.25, 0.3) is 0 Å². The smallest absolute Gasteiger partial charge is 0.257 e. The fraction of sp³-hybridized carbons (Fsp3) is 0.636. The van der Waals surface area contributed by atoms with Crippen LogP contribution in [0.3, 0.4) is 0 Å². The van der Waals surface area contributed by atoms with E-state index in [0.717, 1.165) is 62.8 Å². The standard InChI is InChI=1S/C22H32N4O4S2/c1-2-3-4-5-8-25(10-9-24-11-14-30-15-12-24)21(27)18-6-7-19-20(17-18)31-22-23-32(28,29)16-13-26(19)22/h6-7,17H,2-5,8-16H2,1H3. The molecule has 0 N–H and O–H groups in total. The van der Waals surface area contributed by atoms with Gasteiger partial charge in [-0.25, -0.2) is 8.42 Å². The number of sulfonamides is 1. The molecule has 0 bridgehead atoms. The van der Waals surface area contributed by atoms with Crippen LogP contribution in [0.1, 0.15) is 43.0 Å². The van der Waals surface area contributed by atoms with Crippen LogP contribution in [0, 0.1) is 0 Å². The number of nitrogens with zero attached hydrogens (tertiary/aromatic N) is 4. The number of fused-ring (bicyclic) bond motifs is 3. The number of benzene rings is 1. The Hall–Kier alpha value is -1.62. The lowest BCUT2D eigenvalue weighted by Crippen LogP contribution is -2.43. The van der Waals surface area contributed by atoms with E-state index in [9.17, 15) is 13.2 Å². The Morgan fingerprint density at radius 1 is 1.16 bits per heavy atom. The molecule has 3 aliphatic heterocycles. The minimum atomic E-state index is -3.39. The molecule has 1 fully saturated rings. The van der Waals surface area contributed by atoms with Crippen LogP contribution in [-0.4, -0.2) is 87.5 Å². The van der Waals surface area contributed by atoms with Crippen molar-refractivity contribution < 1.29 is 17.9 Å². The number of anilines is 1. The maximum atomic E-state index is 13.4. The molecule has 1 aromatic rings. The van der Waals surface area contributed by atoms with Crippen molar-refractivity contribution in [1.82, 2.24) is 9.80 Å². The molecule has 1 amide bonds. The summed E-state index contributed by atoms with van der Waals surface area (Å²) in [6.07, 6.45) is 4.48. The Kier molecular flexibility index (Phi) is 7.75. The van der Waals surface area contributed by atoms with Crippen molar-refractivity contribution in [3.63, 3.8) is 0 Å². The topological polar surface area (TPSA) is 82.5 Å². The van der Waals surface area contributed by atoms with Crippen LogP contribution in [0.4, 0.5) is 5.69 Å². The molecule has 0 saturated carbocycles. The average molecular weight is 481 g/mol. The molecule has 10 heteroatoms. The molecular weight excluding hydrogens is 448 g/mol. The molecular formula is C22H32N4O4S2. The number of unbranched alkanes of at least 4 members (excludes halogenated alkanes) is 3. The predicted octanol–water partition coefficient (Wildman–Crippen LogP) is 2.65. The zero-order valence-electron chi connectivity index (χ0n) is 18.7. The van der Waals surface area contributed by atoms with Gasteiger partial charge in [-0.3, -0.25) is 9.69 Å². The van der Waals surface area contributed by atoms with Crippen molar-refractivity contribution in [2.24, 2.45) is 4.40 Å². The van der Waals surface area contributed by atoms with E-state index in [1.54, 1.807) is 0 Å². The highest BCUT2D eigenvalue weighted by atomic mass is 32.2. The largest absolute Gasteiger partial charge is 0.379 e. The molecule has 8 nitrogen and oxygen atoms in total. The van der Waals surface area contributed by atoms with Crippen LogP contribution >= 0.6 is 11.8 Å². The summed E-state index contributed by atoms with van der Waals surface area (Å²) < 4.78 is 33.1. The first-order valence-electron chi connectivity index (χ1n) is 11.5. The molecule has 176 valence electrons. The Morgan fingerprint density at radius 3 is 2.75 bits per heavy atom. The van der Waals surface area contributed by atoms with Gasteiger partial charge in [-0.15, -0.1) is 4.40 Å². The minimum absolute atomic E-state index is 0.0181. The van der Waals surface area contributed by atoms with E-state index in [4.69, 9.17) is 4.74 Å². The molecule has 1 aromatic carbocycles. The van der Waals surface area contributed by atoms with E-state index in [1.807, 2.05) is 28.0 Å². The van der Waals surface area contributed by atoms with E-state index in [0.29, 0.717) is 23.8 Å². The van der Waals surface area contributed by atoms with Crippen LogP contribution in [0.2, 0.25) is 0 Å². The maximum Gasteiger partial charge on any atom is 0.257 e. The Morgan fingerprint density at radius 2 is 1.97 bits per heavy atom. The summed E-state index contributed by atoms with van der Waals surface area (Å²) in [5.74, 6) is 0.0576. The molecule has 3 aliphatic rings. The first-order valence-corrected chi connectivity index (χ1v) is 13.9. The van der Waals surface area contributed by atoms with Crippen LogP contribution in [0.15, 0.2) is 27.5 Å². The second-order valence-electron chi connectivity index (χ2n) is 8.40. The van der Waals surface area contributed by atoms with E-state index in [2.05, 4.69) is 16.2 Å². The van der Waals surface area contributed by atoms with Crippen molar-refractivity contribution in [1.29, 1.82) is 0 Å². The van der Waals surface area contributed by atoms with E-state index < -0.39 is 10.0 Å². The molecule has 0 atom stereocenters. The predicted molar refractivity (Wildman–Crippen MR) is 128 cm³/mol. The van der Waals surface area contributed by atoms with Gasteiger partial charge >= 0.3 is 0 Å². The number of rotatable bonds is 9. The van der Waals surface area contributed by atoms with Gasteiger partial charge in [-0.2, -0.15) is 0 Å². The number of carbonyl (C=O) groups excluding carboxylic acids is 1. The van der Waals surface area contributed by atoms with Crippen molar-refractivity contribution in [2.75, 3.05) is 63.1 Å². The van der Waals surface area contributed by atoms with Gasteiger partial charge in [0.25, 0.3) is 15.9 Å². The summed E-state index contributed by atoms with van der Waals surface area (Å²) in [4.78, 5) is 20.6. The number of amides is 1. The summed E-state index contributed by atoms with van der Waals surface area (Å²) >= 11 is 1.33. The quantitative estimate of drug-likeness (QED) is 0.503. The van der Waals surface area contributed by atoms with Crippen molar-refractivity contribution in [3.8, 4) is 0 Å². The number of hydrogen-bond donors (Lipinski definition) is 0. The van der Waals surface area contributed by atoms with E-state index >= 15 is 0 Å². The second-order valence-corrected chi connectivity index (χ2v) is 11.2. The maximum absolute atomic E-state index is 13.4. The Labute approximate surface area is 195 Å². The monoisotopic (exact) mass is 480 g/mol. The Balaban J connectivity index is 1.46. The average Bonchev–Trinajstić information content (AvgIpc) is 3.14. The van der Waals surface area contributed by atoms with Gasteiger partial charge in [0.05, 0.1) is 24.7 Å². The number of morpholine rings is 1. The number of amidine groups is 1. The normalized spacial score (nSPS) is 19.9. The van der Waals surface area contributed by atoms with Crippen molar-refractivity contribution in [2.45, 2.75) is 37.5 Å². The van der Waals surface area contributed by atoms with Gasteiger partial charge in [-0.05, 0) is 36.4 Å². The van der Waals surface area contributed by atoms with Gasteiger partial charge in [-0.1, -0.05) is 26.2 Å². The SMILES string of the molecule is CCCCCCN(CCN1CCOCC1)C(=O)c1ccc2c(c1)SC1=NS(=O)(=O)CCN12. The summed E-state index contributed by atoms with van der Waals surface area (Å²) in [5, 5.41) is 0.486. The van der Waals surface area contributed by atoms with Gasteiger partial charge in [0, 0.05) is 49.7 Å². The fourth-order valence-electron chi connectivity index (χ4n) is 4.18. The number of thioether (sulfide) groups is 1. The molecule has 1 saturated heterocycles. The van der Waals surface area contributed by atoms with Crippen LogP contribution in [0.5, 0.6) is 0 Å². The first kappa shape index (κ1) is 23.5. The van der Waals surface area contributed by atoms with Crippen molar-refractivity contribution >= 4 is 38.5 Å². The van der Waals surface area contributed by atoms with Gasteiger partial charge < -0.3 is 14.5 Å². The van der Waals surface area contributed by atoms with Gasteiger partial charge in [0.1, 0.15) is 0 Å². The lowest BCUT2D eigenvalue weighted by Gasteiger charge is -2.30. The third kappa shape index (κ3) is 5.65. The molecule has 32 heavy (non-hydrogen) atoms. The van der Waals surface area contributed by atoms with Crippen molar-refractivity contribution in [3.05, 3.63) is 23.8 Å². The minimum Gasteiger partial charge on any atom is -0.379 e. The lowest BCUT2D eigenvalue weighted by atomic mass is 10.1. The highest BCUT2D eigenvalue weighted by Crippen LogP contribution is 2.42. The lowest BCUT2D eigenvalue weighted by molar-refractivity contribution is 0.0324. The third-order valence-corrected chi connectivity index (χ3v) is 8.38. The molecule has 0 aromatic heterocycles. The zero-order valence-corrected chi connectivity index (χ0v) is 20.3. The Bertz CT molecular complexity index is 961. The summed E-state index contributed by atoms with van der Waals surface area (Å²) in [7, 11) is -3.39. The molecule has 0 radical (unpaired) electrons. The molecule has 4 rings (SSSR count). The summed E-state index contributed by atoms with van der Waals surface area (Å²) in [6.45, 7) is 8.22. The van der Waals surface area contributed by atoms with E-state index in [-0.39, 0.29) is 11.7 Å². The number of hydrogen-bond acceptors (Lipinski definition) is 7. The summed E-state index contributed by atoms with van der Waals surface area (Å²) in [6, 6.07) is 5.68. The highest BCUT2D eigenvalue weighted by molar-refractivity contribution is 8.15. The summed E-state index contributed by atoms with van der Waals surface area (Å²) in [5.41, 5.74) is 1.58. The molecule has 0 spiro atoms. The van der Waals surface area contributed by atoms with Crippen LogP contribution in [-0.2, 0) is 14.8 Å². The molecule has 3 heterocycles. The van der Waals surface area contributed by atoms with Crippen LogP contribution < -0.4 is 4.90 Å². The third-order valence-electron chi connectivity index (χ3n) is 6.08. The first-order chi connectivity index (χ1) is 15.5. The molecule has 0 unspecified atom stereocenters. The van der Waals surface area contributed by atoms with Gasteiger partial charge in [0.2, 0.25) is 0 Å². The zero-order chi connectivity index (χ0) is 22.6. The molecule has 0 aliphatic carbocycles. The highest BCUT2D eigenvalue weighted by Gasteiger charge is 2.33. The van der Waals surface area contributed by atoms with Gasteiger partial charge in [0.15, 0.2) is 5.17 Å². The number of carbonyl (C=O) groups is 1. The number of ether oxygens (including phenoxy) is 1. The second kappa shape index (κ2) is 10.5. The van der Waals surface area contributed by atoms with E-state index in [1.165, 1.54) is 24.6 Å². The fourth-order valence-corrected chi connectivity index (χ4v) is 6.47.